The molecular formula is C27H28F5N5O3. The fraction of sp³-hybridized carbons (Fsp3) is 0.407. The minimum Gasteiger partial charge on any atom is -0.493 e. The largest absolute Gasteiger partial charge is 0.493 e. The van der Waals surface area contributed by atoms with Gasteiger partial charge >= 0.3 is 12.1 Å². The molecule has 8 nitrogen and oxygen atoms in total. The molecule has 0 bridgehead atoms. The number of carbonyl (C=O) groups is 1. The maximum atomic E-state index is 14.2. The van der Waals surface area contributed by atoms with Gasteiger partial charge in [-0.25, -0.2) is 13.5 Å². The Bertz CT molecular complexity index is 1370. The third kappa shape index (κ3) is 5.42. The molecule has 0 radical (unpaired) electrons. The summed E-state index contributed by atoms with van der Waals surface area (Å²) in [6.07, 6.45) is -7.74. The minimum absolute atomic E-state index is 0.0323. The molecule has 1 amide bonds. The second-order valence-corrected chi connectivity index (χ2v) is 9.80. The van der Waals surface area contributed by atoms with Crippen molar-refractivity contribution in [3.63, 3.8) is 0 Å². The van der Waals surface area contributed by atoms with Gasteiger partial charge in [0, 0.05) is 42.9 Å². The number of hydrogen-bond acceptors (Lipinski definition) is 6. The van der Waals surface area contributed by atoms with E-state index in [0.717, 1.165) is 4.90 Å². The quantitative estimate of drug-likeness (QED) is 0.373. The first kappa shape index (κ1) is 27.7. The van der Waals surface area contributed by atoms with Gasteiger partial charge in [0.05, 0.1) is 26.0 Å². The van der Waals surface area contributed by atoms with Crippen LogP contribution in [0.1, 0.15) is 24.1 Å². The predicted molar refractivity (Wildman–Crippen MR) is 138 cm³/mol. The molecule has 214 valence electrons. The molecule has 3 aromatic rings. The zero-order valence-electron chi connectivity index (χ0n) is 21.7. The summed E-state index contributed by atoms with van der Waals surface area (Å²) < 4.78 is 80.5. The van der Waals surface area contributed by atoms with Crippen molar-refractivity contribution in [2.45, 2.75) is 31.1 Å². The third-order valence-corrected chi connectivity index (χ3v) is 7.20. The molecule has 40 heavy (non-hydrogen) atoms. The number of nitrogens with zero attached hydrogens (tertiary/aromatic N) is 3. The number of alkyl halides is 5. The number of rotatable bonds is 8. The number of anilines is 2. The fourth-order valence-corrected chi connectivity index (χ4v) is 5.00. The maximum absolute atomic E-state index is 14.2. The topological polar surface area (TPSA) is 80.7 Å². The lowest BCUT2D eigenvalue weighted by Gasteiger charge is -2.33. The molecular weight excluding hydrogens is 537 g/mol. The summed E-state index contributed by atoms with van der Waals surface area (Å²) in [7, 11) is 2.99. The molecule has 13 heteroatoms. The van der Waals surface area contributed by atoms with Crippen LogP contribution in [0.15, 0.2) is 48.5 Å². The van der Waals surface area contributed by atoms with Gasteiger partial charge in [-0.1, -0.05) is 18.2 Å². The maximum Gasteiger partial charge on any atom is 0.471 e. The Balaban J connectivity index is 1.47. The summed E-state index contributed by atoms with van der Waals surface area (Å²) in [5, 5.41) is 10.6. The molecule has 2 aliphatic rings. The lowest BCUT2D eigenvalue weighted by molar-refractivity contribution is -0.170. The van der Waals surface area contributed by atoms with Gasteiger partial charge in [-0.05, 0) is 36.2 Å². The zero-order chi connectivity index (χ0) is 28.6. The summed E-state index contributed by atoms with van der Waals surface area (Å²) in [5.74, 6) is -0.772. The van der Waals surface area contributed by atoms with Crippen LogP contribution in [-0.2, 0) is 4.79 Å². The van der Waals surface area contributed by atoms with Gasteiger partial charge in [-0.2, -0.15) is 18.3 Å². The standard InChI is InChI=1S/C27H28F5N5O3/c1-39-22-7-6-17(9-23(22)40-2)19-10-21(25(28)29)37-24(34-19)11-20(35-37)16-4-3-5-18(8-16)36(14-15-12-33-13-15)26(38)27(30,31)32/h3-9,11,15,19,21,25,33-34H,10,12-14H2,1-2H3. The molecule has 2 aromatic carbocycles. The summed E-state index contributed by atoms with van der Waals surface area (Å²) in [5.41, 5.74) is 1.45. The van der Waals surface area contributed by atoms with E-state index in [1.54, 1.807) is 30.3 Å². The van der Waals surface area contributed by atoms with Crippen molar-refractivity contribution in [2.75, 3.05) is 44.1 Å². The number of nitrogens with one attached hydrogen (secondary N) is 2. The molecule has 2 aliphatic heterocycles. The molecule has 0 spiro atoms. The fourth-order valence-electron chi connectivity index (χ4n) is 5.00. The highest BCUT2D eigenvalue weighted by Crippen LogP contribution is 2.42. The summed E-state index contributed by atoms with van der Waals surface area (Å²) in [4.78, 5) is 13.0. The lowest BCUT2D eigenvalue weighted by atomic mass is 9.97. The van der Waals surface area contributed by atoms with Crippen LogP contribution in [0.25, 0.3) is 11.3 Å². The number of ether oxygens (including phenoxy) is 2. The van der Waals surface area contributed by atoms with Crippen LogP contribution >= 0.6 is 0 Å². The number of halogens is 5. The number of carbonyl (C=O) groups excluding carboxylic acids is 1. The minimum atomic E-state index is -5.05. The van der Waals surface area contributed by atoms with E-state index in [1.165, 1.54) is 37.1 Å². The molecule has 5 rings (SSSR count). The second-order valence-electron chi connectivity index (χ2n) is 9.80. The number of fused-ring (bicyclic) bond motifs is 1. The number of benzene rings is 2. The Hall–Kier alpha value is -3.87. The monoisotopic (exact) mass is 565 g/mol. The van der Waals surface area contributed by atoms with Crippen LogP contribution in [0.4, 0.5) is 33.5 Å². The number of amides is 1. The smallest absolute Gasteiger partial charge is 0.471 e. The Morgan fingerprint density at radius 3 is 2.48 bits per heavy atom. The van der Waals surface area contributed by atoms with Gasteiger partial charge in [0.2, 0.25) is 0 Å². The van der Waals surface area contributed by atoms with Crippen LogP contribution in [0.5, 0.6) is 11.5 Å². The van der Waals surface area contributed by atoms with Crippen molar-refractivity contribution in [1.82, 2.24) is 15.1 Å². The van der Waals surface area contributed by atoms with Crippen molar-refractivity contribution in [3.8, 4) is 22.8 Å². The highest BCUT2D eigenvalue weighted by molar-refractivity contribution is 5.97. The van der Waals surface area contributed by atoms with Gasteiger partial charge in [-0.15, -0.1) is 0 Å². The first-order valence-electron chi connectivity index (χ1n) is 12.6. The van der Waals surface area contributed by atoms with Gasteiger partial charge in [-0.3, -0.25) is 4.79 Å². The predicted octanol–water partition coefficient (Wildman–Crippen LogP) is 5.05. The Kier molecular flexibility index (Phi) is 7.58. The number of hydrogen-bond donors (Lipinski definition) is 2. The highest BCUT2D eigenvalue weighted by Gasteiger charge is 2.44. The van der Waals surface area contributed by atoms with E-state index in [-0.39, 0.29) is 30.3 Å². The number of aromatic nitrogens is 2. The van der Waals surface area contributed by atoms with Gasteiger partial charge in [0.25, 0.3) is 6.43 Å². The van der Waals surface area contributed by atoms with Crippen LogP contribution in [0.2, 0.25) is 0 Å². The van der Waals surface area contributed by atoms with Crippen molar-refractivity contribution >= 4 is 17.4 Å². The Morgan fingerprint density at radius 2 is 1.85 bits per heavy atom. The van der Waals surface area contributed by atoms with E-state index in [9.17, 15) is 26.7 Å². The average molecular weight is 566 g/mol. The van der Waals surface area contributed by atoms with E-state index in [0.29, 0.717) is 41.5 Å². The lowest BCUT2D eigenvalue weighted by Crippen LogP contribution is -2.52. The molecule has 2 N–H and O–H groups in total. The third-order valence-electron chi connectivity index (χ3n) is 7.20. The first-order valence-corrected chi connectivity index (χ1v) is 12.6. The second kappa shape index (κ2) is 11.0. The van der Waals surface area contributed by atoms with E-state index in [2.05, 4.69) is 15.7 Å². The zero-order valence-corrected chi connectivity index (χ0v) is 21.7. The van der Waals surface area contributed by atoms with Crippen LogP contribution in [-0.4, -0.2) is 62.1 Å². The van der Waals surface area contributed by atoms with Crippen molar-refractivity contribution in [1.29, 1.82) is 0 Å². The molecule has 0 saturated carbocycles. The average Bonchev–Trinajstić information content (AvgIpc) is 3.35. The van der Waals surface area contributed by atoms with Crippen LogP contribution in [0.3, 0.4) is 0 Å². The van der Waals surface area contributed by atoms with Crippen LogP contribution < -0.4 is 25.0 Å². The van der Waals surface area contributed by atoms with E-state index in [4.69, 9.17) is 9.47 Å². The van der Waals surface area contributed by atoms with E-state index >= 15 is 0 Å². The van der Waals surface area contributed by atoms with Gasteiger partial charge in [0.15, 0.2) is 11.5 Å². The highest BCUT2D eigenvalue weighted by atomic mass is 19.4. The van der Waals surface area contributed by atoms with Gasteiger partial charge in [0.1, 0.15) is 11.9 Å². The summed E-state index contributed by atoms with van der Waals surface area (Å²) in [6.45, 7) is 0.921. The molecule has 1 aromatic heterocycles. The molecule has 3 heterocycles. The normalized spacial score (nSPS) is 19.0. The van der Waals surface area contributed by atoms with Gasteiger partial charge < -0.3 is 25.0 Å². The van der Waals surface area contributed by atoms with E-state index in [1.807, 2.05) is 0 Å². The Morgan fingerprint density at radius 1 is 1.10 bits per heavy atom. The summed E-state index contributed by atoms with van der Waals surface area (Å²) in [6, 6.07) is 11.0. The molecule has 2 unspecified atom stereocenters. The van der Waals surface area contributed by atoms with E-state index < -0.39 is 30.6 Å². The van der Waals surface area contributed by atoms with Crippen LogP contribution in [0, 0.1) is 5.92 Å². The Labute approximate surface area is 227 Å². The first-order chi connectivity index (χ1) is 19.1. The summed E-state index contributed by atoms with van der Waals surface area (Å²) >= 11 is 0. The van der Waals surface area contributed by atoms with Crippen molar-refractivity contribution in [3.05, 3.63) is 54.1 Å². The number of methoxy groups -OCH3 is 2. The molecule has 2 atom stereocenters. The van der Waals surface area contributed by atoms with Crippen molar-refractivity contribution in [2.24, 2.45) is 5.92 Å². The molecule has 1 fully saturated rings. The van der Waals surface area contributed by atoms with Crippen molar-refractivity contribution < 1.29 is 36.2 Å². The SMILES string of the molecule is COc1ccc(C2CC(C(F)F)n3nc(-c4cccc(N(CC5CNC5)C(=O)C(F)(F)F)c4)cc3N2)cc1OC. The molecule has 1 saturated heterocycles. The molecule has 0 aliphatic carbocycles.